The maximum absolute atomic E-state index is 12.4. The van der Waals surface area contributed by atoms with Crippen LogP contribution in [-0.4, -0.2) is 43.6 Å². The van der Waals surface area contributed by atoms with Crippen LogP contribution in [0.15, 0.2) is 36.5 Å². The third-order valence-corrected chi connectivity index (χ3v) is 5.59. The van der Waals surface area contributed by atoms with Gasteiger partial charge in [0.1, 0.15) is 5.82 Å². The van der Waals surface area contributed by atoms with Gasteiger partial charge in [-0.05, 0) is 49.6 Å². The van der Waals surface area contributed by atoms with Crippen molar-refractivity contribution in [3.8, 4) is 0 Å². The lowest BCUT2D eigenvalue weighted by Crippen LogP contribution is -2.47. The van der Waals surface area contributed by atoms with Crippen molar-refractivity contribution in [3.05, 3.63) is 53.2 Å². The summed E-state index contributed by atoms with van der Waals surface area (Å²) in [6.45, 7) is 11.0. The molecule has 1 aromatic carbocycles. The molecule has 0 aliphatic carbocycles. The molecule has 0 spiro atoms. The highest BCUT2D eigenvalue weighted by atomic mass is 16.1. The van der Waals surface area contributed by atoms with E-state index in [1.165, 1.54) is 16.8 Å². The van der Waals surface area contributed by atoms with E-state index in [2.05, 4.69) is 59.1 Å². The highest BCUT2D eigenvalue weighted by Crippen LogP contribution is 2.25. The van der Waals surface area contributed by atoms with Gasteiger partial charge in [-0.2, -0.15) is 0 Å². The van der Waals surface area contributed by atoms with Gasteiger partial charge in [0.05, 0.1) is 0 Å². The maximum Gasteiger partial charge on any atom is 0.251 e. The molecule has 0 bridgehead atoms. The van der Waals surface area contributed by atoms with Crippen molar-refractivity contribution in [1.29, 1.82) is 0 Å². The smallest absolute Gasteiger partial charge is 0.251 e. The summed E-state index contributed by atoms with van der Waals surface area (Å²) in [5.74, 6) is 0.885. The molecule has 5 heteroatoms. The van der Waals surface area contributed by atoms with Gasteiger partial charge in [-0.3, -0.25) is 4.79 Å². The van der Waals surface area contributed by atoms with Gasteiger partial charge in [-0.15, -0.1) is 0 Å². The molecule has 1 amide bonds. The number of hydrogen-bond donors (Lipinski definition) is 1. The number of pyridine rings is 1. The van der Waals surface area contributed by atoms with Crippen molar-refractivity contribution in [2.24, 2.45) is 0 Å². The van der Waals surface area contributed by atoms with E-state index >= 15 is 0 Å². The molecule has 1 N–H and O–H groups in total. The Morgan fingerprint density at radius 2 is 1.82 bits per heavy atom. The summed E-state index contributed by atoms with van der Waals surface area (Å²) in [7, 11) is 0. The van der Waals surface area contributed by atoms with E-state index < -0.39 is 0 Å². The van der Waals surface area contributed by atoms with E-state index in [0.717, 1.165) is 57.8 Å². The summed E-state index contributed by atoms with van der Waals surface area (Å²) in [6, 6.07) is 10.2. The third kappa shape index (κ3) is 4.83. The summed E-state index contributed by atoms with van der Waals surface area (Å²) >= 11 is 0. The Bertz CT molecular complexity index is 797. The molecule has 5 nitrogen and oxygen atoms in total. The van der Waals surface area contributed by atoms with Gasteiger partial charge in [0.15, 0.2) is 0 Å². The summed E-state index contributed by atoms with van der Waals surface area (Å²) in [6.07, 6.45) is 5.07. The second-order valence-corrected chi connectivity index (χ2v) is 7.56. The number of benzene rings is 1. The zero-order valence-corrected chi connectivity index (χ0v) is 17.4. The summed E-state index contributed by atoms with van der Waals surface area (Å²) < 4.78 is 0. The highest BCUT2D eigenvalue weighted by molar-refractivity contribution is 5.94. The fraction of sp³-hybridized carbons (Fsp3) is 0.478. The van der Waals surface area contributed by atoms with Crippen LogP contribution >= 0.6 is 0 Å². The van der Waals surface area contributed by atoms with Crippen LogP contribution < -0.4 is 15.1 Å². The first-order chi connectivity index (χ1) is 13.6. The average molecular weight is 381 g/mol. The second-order valence-electron chi connectivity index (χ2n) is 7.56. The van der Waals surface area contributed by atoms with Crippen LogP contribution in [0, 0.1) is 13.8 Å². The van der Waals surface area contributed by atoms with Crippen molar-refractivity contribution in [2.75, 3.05) is 42.5 Å². The zero-order valence-electron chi connectivity index (χ0n) is 17.4. The minimum Gasteiger partial charge on any atom is -0.368 e. The maximum atomic E-state index is 12.4. The largest absolute Gasteiger partial charge is 0.368 e. The Kier molecular flexibility index (Phi) is 6.90. The standard InChI is InChI=1S/C23H32N4O/c1-4-5-6-11-25-23(28)20-10-12-24-22(17-20)27-15-13-26(14-16-27)21-9-7-8-18(2)19(21)3/h7-10,12,17H,4-6,11,13-16H2,1-3H3,(H,25,28). The molecule has 1 fully saturated rings. The molecule has 0 radical (unpaired) electrons. The molecule has 2 heterocycles. The van der Waals surface area contributed by atoms with E-state index in [9.17, 15) is 4.79 Å². The van der Waals surface area contributed by atoms with Crippen LogP contribution in [0.5, 0.6) is 0 Å². The molecule has 3 rings (SSSR count). The third-order valence-electron chi connectivity index (χ3n) is 5.59. The van der Waals surface area contributed by atoms with Crippen LogP contribution in [0.25, 0.3) is 0 Å². The number of hydrogen-bond acceptors (Lipinski definition) is 4. The van der Waals surface area contributed by atoms with Gasteiger partial charge in [-0.1, -0.05) is 31.9 Å². The fourth-order valence-electron chi connectivity index (χ4n) is 3.67. The van der Waals surface area contributed by atoms with Gasteiger partial charge in [-0.25, -0.2) is 4.98 Å². The van der Waals surface area contributed by atoms with Crippen LogP contribution in [0.3, 0.4) is 0 Å². The van der Waals surface area contributed by atoms with E-state index in [1.807, 2.05) is 6.07 Å². The predicted molar refractivity (Wildman–Crippen MR) is 116 cm³/mol. The lowest BCUT2D eigenvalue weighted by Gasteiger charge is -2.37. The molecule has 2 aromatic rings. The Balaban J connectivity index is 1.60. The number of amides is 1. The normalized spacial score (nSPS) is 14.2. The second kappa shape index (κ2) is 9.58. The van der Waals surface area contributed by atoms with Gasteiger partial charge in [0, 0.05) is 50.2 Å². The van der Waals surface area contributed by atoms with Gasteiger partial charge in [0.2, 0.25) is 0 Å². The SMILES string of the molecule is CCCCCNC(=O)c1ccnc(N2CCN(c3cccc(C)c3C)CC2)c1. The van der Waals surface area contributed by atoms with Crippen LogP contribution in [0.1, 0.15) is 47.7 Å². The molecule has 1 aliphatic rings. The Morgan fingerprint density at radius 3 is 2.57 bits per heavy atom. The van der Waals surface area contributed by atoms with E-state index in [4.69, 9.17) is 0 Å². The Labute approximate surface area is 168 Å². The number of carbonyl (C=O) groups is 1. The molecule has 28 heavy (non-hydrogen) atoms. The quantitative estimate of drug-likeness (QED) is 0.739. The molecule has 0 atom stereocenters. The molecular weight excluding hydrogens is 348 g/mol. The first kappa shape index (κ1) is 20.2. The number of aryl methyl sites for hydroxylation is 1. The van der Waals surface area contributed by atoms with Crippen LogP contribution in [0.2, 0.25) is 0 Å². The molecule has 1 aliphatic heterocycles. The molecular formula is C23H32N4O. The Hall–Kier alpha value is -2.56. The first-order valence-corrected chi connectivity index (χ1v) is 10.4. The number of anilines is 2. The molecule has 0 saturated carbocycles. The van der Waals surface area contributed by atoms with Crippen molar-refractivity contribution >= 4 is 17.4 Å². The number of nitrogens with one attached hydrogen (secondary N) is 1. The summed E-state index contributed by atoms with van der Waals surface area (Å²) in [5.41, 5.74) is 4.71. The lowest BCUT2D eigenvalue weighted by molar-refractivity contribution is 0.0953. The van der Waals surface area contributed by atoms with Gasteiger partial charge in [0.25, 0.3) is 5.91 Å². The minimum absolute atomic E-state index is 0.00576. The number of unbranched alkanes of at least 4 members (excludes halogenated alkanes) is 2. The number of nitrogens with zero attached hydrogens (tertiary/aromatic N) is 3. The molecule has 1 saturated heterocycles. The highest BCUT2D eigenvalue weighted by Gasteiger charge is 2.20. The van der Waals surface area contributed by atoms with E-state index in [1.54, 1.807) is 12.3 Å². The minimum atomic E-state index is -0.00576. The average Bonchev–Trinajstić information content (AvgIpc) is 2.73. The zero-order chi connectivity index (χ0) is 19.9. The number of piperazine rings is 1. The van der Waals surface area contributed by atoms with Gasteiger partial charge >= 0.3 is 0 Å². The monoisotopic (exact) mass is 380 g/mol. The lowest BCUT2D eigenvalue weighted by atomic mass is 10.1. The van der Waals surface area contributed by atoms with Crippen molar-refractivity contribution < 1.29 is 4.79 Å². The van der Waals surface area contributed by atoms with E-state index in [-0.39, 0.29) is 5.91 Å². The first-order valence-electron chi connectivity index (χ1n) is 10.4. The molecule has 1 aromatic heterocycles. The number of aromatic nitrogens is 1. The number of carbonyl (C=O) groups excluding carboxylic acids is 1. The molecule has 0 unspecified atom stereocenters. The van der Waals surface area contributed by atoms with E-state index in [0.29, 0.717) is 5.56 Å². The summed E-state index contributed by atoms with van der Waals surface area (Å²) in [5, 5.41) is 3.01. The summed E-state index contributed by atoms with van der Waals surface area (Å²) in [4.78, 5) is 21.6. The Morgan fingerprint density at radius 1 is 1.07 bits per heavy atom. The van der Waals surface area contributed by atoms with Crippen LogP contribution in [-0.2, 0) is 0 Å². The van der Waals surface area contributed by atoms with Crippen molar-refractivity contribution in [2.45, 2.75) is 40.0 Å². The van der Waals surface area contributed by atoms with Crippen molar-refractivity contribution in [1.82, 2.24) is 10.3 Å². The van der Waals surface area contributed by atoms with Crippen molar-refractivity contribution in [3.63, 3.8) is 0 Å². The predicted octanol–water partition coefficient (Wildman–Crippen LogP) is 3.95. The fourth-order valence-corrected chi connectivity index (χ4v) is 3.67. The number of rotatable bonds is 7. The topological polar surface area (TPSA) is 48.5 Å². The van der Waals surface area contributed by atoms with Gasteiger partial charge < -0.3 is 15.1 Å². The molecule has 150 valence electrons. The van der Waals surface area contributed by atoms with Crippen LogP contribution in [0.4, 0.5) is 11.5 Å².